The molecular weight excluding hydrogens is 685 g/mol. The number of hydrogen-bond acceptors (Lipinski definition) is 4. The van der Waals surface area contributed by atoms with Crippen molar-refractivity contribution in [1.29, 1.82) is 0 Å². The molecule has 0 unspecified atom stereocenters. The first-order chi connectivity index (χ1) is 27.8. The van der Waals surface area contributed by atoms with Crippen LogP contribution in [0.15, 0.2) is 194 Å². The molecule has 1 aliphatic rings. The van der Waals surface area contributed by atoms with Gasteiger partial charge in [0.15, 0.2) is 17.5 Å². The molecule has 0 fully saturated rings. The average molecular weight is 715 g/mol. The van der Waals surface area contributed by atoms with Crippen LogP contribution >= 0.6 is 0 Å². The highest BCUT2D eigenvalue weighted by atomic mass is 15.1. The Hall–Kier alpha value is -7.88. The first-order valence-electron chi connectivity index (χ1n) is 18.6. The van der Waals surface area contributed by atoms with E-state index < -0.39 is 0 Å². The third-order valence-electron chi connectivity index (χ3n) is 10.5. The molecule has 0 radical (unpaired) electrons. The first-order valence-corrected chi connectivity index (χ1v) is 18.6. The van der Waals surface area contributed by atoms with Crippen molar-refractivity contribution in [2.24, 2.45) is 0 Å². The predicted octanol–water partition coefficient (Wildman–Crippen LogP) is 11.7. The van der Waals surface area contributed by atoms with E-state index in [-0.39, 0.29) is 0 Å². The number of nitrogens with zero attached hydrogens (tertiary/aromatic N) is 6. The standard InChI is InChI=1S/C50H30N6/c1-4-14-33(15-5-1)47-52-48(34-16-6-2-7-17-34)54-49(53-47)37-18-12-21-39(30-37)56-46-32-36(26-28-42(46)43-23-13-29-51-50(43)56)35-25-27-41-40-22-10-11-24-44(40)55(45(41)31-35)38-19-8-3-9-20-38/h1-6,8-16,18-32H. The maximum absolute atomic E-state index is 5.00. The van der Waals surface area contributed by atoms with E-state index >= 15 is 0 Å². The summed E-state index contributed by atoms with van der Waals surface area (Å²) >= 11 is 0. The minimum atomic E-state index is 0.544. The molecule has 0 amide bonds. The Morgan fingerprint density at radius 1 is 0.429 bits per heavy atom. The van der Waals surface area contributed by atoms with Crippen molar-refractivity contribution >= 4 is 49.3 Å². The van der Waals surface area contributed by atoms with E-state index in [2.05, 4.69) is 136 Å². The topological polar surface area (TPSA) is 61.4 Å². The van der Waals surface area contributed by atoms with Crippen LogP contribution in [0.3, 0.4) is 0 Å². The molecule has 6 heteroatoms. The van der Waals surface area contributed by atoms with Crippen LogP contribution in [0.2, 0.25) is 0 Å². The maximum atomic E-state index is 5.00. The van der Waals surface area contributed by atoms with Gasteiger partial charge in [0.25, 0.3) is 0 Å². The van der Waals surface area contributed by atoms with Crippen molar-refractivity contribution in [2.75, 3.05) is 0 Å². The van der Waals surface area contributed by atoms with E-state index in [1.54, 1.807) is 0 Å². The second kappa shape index (κ2) is 12.9. The number of pyridine rings is 1. The molecule has 4 heterocycles. The zero-order chi connectivity index (χ0) is 37.0. The molecule has 4 aromatic heterocycles. The highest BCUT2D eigenvalue weighted by Crippen LogP contribution is 2.38. The van der Waals surface area contributed by atoms with Gasteiger partial charge in [-0.2, -0.15) is 0 Å². The van der Waals surface area contributed by atoms with Crippen LogP contribution in [-0.2, 0) is 0 Å². The van der Waals surface area contributed by atoms with E-state index in [0.717, 1.165) is 61.1 Å². The van der Waals surface area contributed by atoms with Crippen molar-refractivity contribution in [3.63, 3.8) is 0 Å². The fraction of sp³-hybridized carbons (Fsp3) is 0. The summed E-state index contributed by atoms with van der Waals surface area (Å²) in [5.74, 6) is 1.71. The predicted molar refractivity (Wildman–Crippen MR) is 227 cm³/mol. The van der Waals surface area contributed by atoms with Crippen molar-refractivity contribution in [3.05, 3.63) is 199 Å². The normalized spacial score (nSPS) is 12.3. The van der Waals surface area contributed by atoms with Crippen molar-refractivity contribution in [3.8, 4) is 45.3 Å². The van der Waals surface area contributed by atoms with Crippen LogP contribution in [0, 0.1) is 0 Å². The van der Waals surface area contributed by atoms with Gasteiger partial charge in [0.1, 0.15) is 5.65 Å². The number of hydrogen-bond donors (Lipinski definition) is 0. The van der Waals surface area contributed by atoms with Gasteiger partial charge in [0, 0.05) is 50.2 Å². The largest absolute Gasteiger partial charge is 0.309 e. The quantitative estimate of drug-likeness (QED) is 0.161. The van der Waals surface area contributed by atoms with Gasteiger partial charge >= 0.3 is 0 Å². The molecule has 260 valence electrons. The van der Waals surface area contributed by atoms with E-state index in [0.29, 0.717) is 17.5 Å². The molecule has 10 aromatic rings. The van der Waals surface area contributed by atoms with Gasteiger partial charge < -0.3 is 4.57 Å². The number of rotatable bonds is 6. The molecule has 0 N–H and O–H groups in total. The van der Waals surface area contributed by atoms with Crippen LogP contribution in [0.5, 0.6) is 0 Å². The van der Waals surface area contributed by atoms with Gasteiger partial charge in [0.05, 0.1) is 22.1 Å². The second-order valence-corrected chi connectivity index (χ2v) is 13.8. The van der Waals surface area contributed by atoms with E-state index in [1.807, 2.05) is 66.9 Å². The Bertz CT molecular complexity index is 3320. The maximum Gasteiger partial charge on any atom is 0.172 e. The minimum absolute atomic E-state index is 0.544. The molecule has 0 atom stereocenters. The molecule has 0 bridgehead atoms. The summed E-state index contributed by atoms with van der Waals surface area (Å²) in [4.78, 5) is 19.7. The molecule has 56 heavy (non-hydrogen) atoms. The lowest BCUT2D eigenvalue weighted by Gasteiger charge is -2.12. The number of benzene rings is 6. The second-order valence-electron chi connectivity index (χ2n) is 13.8. The van der Waals surface area contributed by atoms with Crippen LogP contribution in [0.1, 0.15) is 5.82 Å². The van der Waals surface area contributed by atoms with Crippen molar-refractivity contribution in [1.82, 2.24) is 29.1 Å². The highest BCUT2D eigenvalue weighted by molar-refractivity contribution is 6.11. The minimum Gasteiger partial charge on any atom is -0.309 e. The molecule has 6 aromatic carbocycles. The lowest BCUT2D eigenvalue weighted by molar-refractivity contribution is 1.04. The SMILES string of the molecule is C1=C=C(c2nc(-c3ccccc3)nc(-c3cccc(-n4c5cc(-c6ccc7c8ccccc8n(-c8ccccc8)c7c6)ccc5c5cccnc54)c3)n2)C=CC=1. The van der Waals surface area contributed by atoms with Crippen molar-refractivity contribution in [2.45, 2.75) is 0 Å². The molecular formula is C50H30N6. The number of aromatic nitrogens is 6. The van der Waals surface area contributed by atoms with E-state index in [1.165, 1.54) is 21.8 Å². The Balaban J connectivity index is 1.09. The van der Waals surface area contributed by atoms with Gasteiger partial charge in [-0.15, -0.1) is 0 Å². The van der Waals surface area contributed by atoms with Crippen LogP contribution in [-0.4, -0.2) is 29.1 Å². The van der Waals surface area contributed by atoms with E-state index in [9.17, 15) is 0 Å². The monoisotopic (exact) mass is 714 g/mol. The van der Waals surface area contributed by atoms with Gasteiger partial charge in [-0.05, 0) is 77.9 Å². The summed E-state index contributed by atoms with van der Waals surface area (Å²) in [6.07, 6.45) is 7.54. The van der Waals surface area contributed by atoms with Gasteiger partial charge in [0.2, 0.25) is 0 Å². The van der Waals surface area contributed by atoms with Gasteiger partial charge in [-0.25, -0.2) is 19.9 Å². The Morgan fingerprint density at radius 2 is 1.05 bits per heavy atom. The summed E-state index contributed by atoms with van der Waals surface area (Å²) in [5, 5.41) is 4.68. The summed E-state index contributed by atoms with van der Waals surface area (Å²) < 4.78 is 4.61. The van der Waals surface area contributed by atoms with Crippen LogP contribution < -0.4 is 0 Å². The molecule has 1 aliphatic carbocycles. The number of fused-ring (bicyclic) bond motifs is 6. The first kappa shape index (κ1) is 31.6. The highest BCUT2D eigenvalue weighted by Gasteiger charge is 2.18. The zero-order valence-corrected chi connectivity index (χ0v) is 30.0. The summed E-state index contributed by atoms with van der Waals surface area (Å²) in [7, 11) is 0. The lowest BCUT2D eigenvalue weighted by atomic mass is 10.0. The smallest absolute Gasteiger partial charge is 0.172 e. The fourth-order valence-electron chi connectivity index (χ4n) is 7.90. The third-order valence-corrected chi connectivity index (χ3v) is 10.5. The van der Waals surface area contributed by atoms with Crippen LogP contribution in [0.25, 0.3) is 94.6 Å². The van der Waals surface area contributed by atoms with Crippen molar-refractivity contribution < 1.29 is 0 Å². The molecule has 6 nitrogen and oxygen atoms in total. The third kappa shape index (κ3) is 5.22. The average Bonchev–Trinajstić information content (AvgIpc) is 3.79. The molecule has 0 spiro atoms. The van der Waals surface area contributed by atoms with E-state index in [4.69, 9.17) is 19.9 Å². The molecule has 0 saturated carbocycles. The van der Waals surface area contributed by atoms with Gasteiger partial charge in [-0.1, -0.05) is 121 Å². The summed E-state index contributed by atoms with van der Waals surface area (Å²) in [5.41, 5.74) is 17.4. The fourth-order valence-corrected chi connectivity index (χ4v) is 7.90. The lowest BCUT2D eigenvalue weighted by Crippen LogP contribution is -2.03. The van der Waals surface area contributed by atoms with Crippen LogP contribution in [0.4, 0.5) is 0 Å². The zero-order valence-electron chi connectivity index (χ0n) is 30.0. The Morgan fingerprint density at radius 3 is 1.84 bits per heavy atom. The molecule has 0 aliphatic heterocycles. The molecule has 0 saturated heterocycles. The summed E-state index contributed by atoms with van der Waals surface area (Å²) in [6, 6.07) is 55.3. The Kier molecular flexibility index (Phi) is 7.29. The summed E-state index contributed by atoms with van der Waals surface area (Å²) in [6.45, 7) is 0. The number of para-hydroxylation sites is 2. The molecule has 11 rings (SSSR count). The Labute approximate surface area is 322 Å². The number of allylic oxidation sites excluding steroid dienone is 4. The van der Waals surface area contributed by atoms with Gasteiger partial charge in [-0.3, -0.25) is 4.57 Å².